The summed E-state index contributed by atoms with van der Waals surface area (Å²) < 4.78 is 11.1. The molecule has 0 saturated carbocycles. The molecule has 2 heterocycles. The molecule has 0 bridgehead atoms. The van der Waals surface area contributed by atoms with Crippen LogP contribution in [-0.2, 0) is 4.79 Å². The molecule has 0 fully saturated rings. The van der Waals surface area contributed by atoms with Crippen LogP contribution in [0.4, 0.5) is 5.69 Å². The smallest absolute Gasteiger partial charge is 0.241 e. The molecule has 27 heavy (non-hydrogen) atoms. The number of oxazole rings is 1. The Hall–Kier alpha value is -2.97. The molecule has 3 aromatic rings. The fourth-order valence-corrected chi connectivity index (χ4v) is 2.70. The number of carbonyl (C=O) groups is 1. The maximum Gasteiger partial charge on any atom is 0.241 e. The molecule has 8 heteroatoms. The number of hydrogen-bond donors (Lipinski definition) is 3. The lowest BCUT2D eigenvalue weighted by molar-refractivity contribution is -0.117. The first kappa shape index (κ1) is 18.8. The van der Waals surface area contributed by atoms with E-state index in [0.717, 1.165) is 12.8 Å². The Balaban J connectivity index is 1.82. The van der Waals surface area contributed by atoms with Crippen molar-refractivity contribution in [1.82, 2.24) is 9.97 Å². The first-order valence-electron chi connectivity index (χ1n) is 8.79. The number of nitrogens with zero attached hydrogens (tertiary/aromatic N) is 2. The first-order chi connectivity index (χ1) is 13.1. The lowest BCUT2D eigenvalue weighted by atomic mass is 10.1. The third-order valence-corrected chi connectivity index (χ3v) is 4.18. The number of nitrogens with one attached hydrogen (secondary N) is 1. The summed E-state index contributed by atoms with van der Waals surface area (Å²) in [6.07, 6.45) is 3.87. The van der Waals surface area contributed by atoms with Gasteiger partial charge in [-0.15, -0.1) is 0 Å². The van der Waals surface area contributed by atoms with E-state index in [1.807, 2.05) is 0 Å². The third-order valence-electron chi connectivity index (χ3n) is 4.18. The van der Waals surface area contributed by atoms with Gasteiger partial charge in [0, 0.05) is 11.8 Å². The van der Waals surface area contributed by atoms with Gasteiger partial charge in [0.15, 0.2) is 11.2 Å². The Bertz CT molecular complexity index is 892. The number of nitrogens with two attached hydrogens (primary N) is 2. The molecule has 3 rings (SSSR count). The van der Waals surface area contributed by atoms with Crippen LogP contribution in [0.25, 0.3) is 22.7 Å². The molecule has 1 aromatic carbocycles. The molecular formula is C19H23N5O3. The Labute approximate surface area is 156 Å². The predicted molar refractivity (Wildman–Crippen MR) is 103 cm³/mol. The van der Waals surface area contributed by atoms with E-state index in [9.17, 15) is 4.79 Å². The predicted octanol–water partition coefficient (Wildman–Crippen LogP) is 2.29. The molecular weight excluding hydrogens is 346 g/mol. The van der Waals surface area contributed by atoms with Crippen molar-refractivity contribution in [2.75, 3.05) is 19.0 Å². The molecule has 0 aliphatic carbocycles. The van der Waals surface area contributed by atoms with Crippen molar-refractivity contribution in [1.29, 1.82) is 0 Å². The summed E-state index contributed by atoms with van der Waals surface area (Å²) in [5, 5.41) is 2.83. The van der Waals surface area contributed by atoms with Crippen LogP contribution in [-0.4, -0.2) is 35.6 Å². The molecule has 5 N–H and O–H groups in total. The lowest BCUT2D eigenvalue weighted by Gasteiger charge is -2.15. The number of methoxy groups -OCH3 is 1. The molecule has 1 amide bonds. The lowest BCUT2D eigenvalue weighted by Crippen LogP contribution is -2.35. The van der Waals surface area contributed by atoms with Crippen molar-refractivity contribution in [3.8, 4) is 17.2 Å². The first-order valence-corrected chi connectivity index (χ1v) is 8.79. The summed E-state index contributed by atoms with van der Waals surface area (Å²) in [5.41, 5.74) is 13.8. The van der Waals surface area contributed by atoms with E-state index in [4.69, 9.17) is 20.6 Å². The van der Waals surface area contributed by atoms with Crippen molar-refractivity contribution < 1.29 is 13.9 Å². The van der Waals surface area contributed by atoms with Gasteiger partial charge in [-0.3, -0.25) is 4.79 Å². The molecule has 0 aliphatic rings. The zero-order valence-electron chi connectivity index (χ0n) is 15.1. The molecule has 2 aromatic heterocycles. The molecule has 0 radical (unpaired) electrons. The number of anilines is 1. The van der Waals surface area contributed by atoms with E-state index in [0.29, 0.717) is 47.1 Å². The van der Waals surface area contributed by atoms with Gasteiger partial charge >= 0.3 is 0 Å². The van der Waals surface area contributed by atoms with Gasteiger partial charge in [0.2, 0.25) is 11.8 Å². The number of unbranched alkanes of at least 4 members (excludes halogenated alkanes) is 1. The minimum Gasteiger partial charge on any atom is -0.495 e. The van der Waals surface area contributed by atoms with Crippen molar-refractivity contribution in [2.45, 2.75) is 25.3 Å². The normalized spacial score (nSPS) is 12.1. The standard InChI is InChI=1S/C19H23N5O3/c1-26-15-8-7-12(19-24-17-16(27-19)6-4-10-22-17)11-14(15)23-18(25)13(21)5-2-3-9-20/h4,6-8,10-11,13H,2-3,5,9,20-21H2,1H3,(H,23,25)/t13-/m0/s1. The average molecular weight is 369 g/mol. The highest BCUT2D eigenvalue weighted by atomic mass is 16.5. The van der Waals surface area contributed by atoms with Crippen molar-refractivity contribution >= 4 is 22.8 Å². The van der Waals surface area contributed by atoms with Gasteiger partial charge in [0.05, 0.1) is 18.8 Å². The van der Waals surface area contributed by atoms with Crippen LogP contribution in [0.15, 0.2) is 40.9 Å². The Morgan fingerprint density at radius 2 is 2.19 bits per heavy atom. The minimum atomic E-state index is -0.613. The van der Waals surface area contributed by atoms with Crippen LogP contribution in [0.5, 0.6) is 5.75 Å². The Kier molecular flexibility index (Phi) is 6.00. The number of amides is 1. The number of aromatic nitrogens is 2. The van der Waals surface area contributed by atoms with Crippen LogP contribution < -0.4 is 21.5 Å². The summed E-state index contributed by atoms with van der Waals surface area (Å²) in [6.45, 7) is 0.587. The molecule has 8 nitrogen and oxygen atoms in total. The number of carbonyl (C=O) groups excluding carboxylic acids is 1. The summed E-state index contributed by atoms with van der Waals surface area (Å²) in [6, 6.07) is 8.26. The van der Waals surface area contributed by atoms with Crippen molar-refractivity contribution in [2.24, 2.45) is 11.5 Å². The second kappa shape index (κ2) is 8.61. The van der Waals surface area contributed by atoms with Gasteiger partial charge in [-0.2, -0.15) is 4.98 Å². The van der Waals surface area contributed by atoms with Crippen molar-refractivity contribution in [3.63, 3.8) is 0 Å². The summed E-state index contributed by atoms with van der Waals surface area (Å²) in [5.74, 6) is 0.659. The number of ether oxygens (including phenoxy) is 1. The fraction of sp³-hybridized carbons (Fsp3) is 0.316. The SMILES string of the molecule is COc1ccc(-c2nc3ncccc3o2)cc1NC(=O)[C@@H](N)CCCCN. The van der Waals surface area contributed by atoms with E-state index < -0.39 is 6.04 Å². The van der Waals surface area contributed by atoms with Crippen LogP contribution in [0.1, 0.15) is 19.3 Å². The highest BCUT2D eigenvalue weighted by Gasteiger charge is 2.17. The largest absolute Gasteiger partial charge is 0.495 e. The molecule has 1 atom stereocenters. The van der Waals surface area contributed by atoms with E-state index in [-0.39, 0.29) is 5.91 Å². The molecule has 0 spiro atoms. The molecule has 0 unspecified atom stereocenters. The highest BCUT2D eigenvalue weighted by molar-refractivity contribution is 5.96. The number of pyridine rings is 1. The van der Waals surface area contributed by atoms with E-state index >= 15 is 0 Å². The Morgan fingerprint density at radius 3 is 2.93 bits per heavy atom. The third kappa shape index (κ3) is 4.42. The van der Waals surface area contributed by atoms with Gasteiger partial charge < -0.3 is 25.9 Å². The second-order valence-corrected chi connectivity index (χ2v) is 6.14. The van der Waals surface area contributed by atoms with Crippen LogP contribution in [0.2, 0.25) is 0 Å². The van der Waals surface area contributed by atoms with E-state index in [1.165, 1.54) is 7.11 Å². The Morgan fingerprint density at radius 1 is 1.33 bits per heavy atom. The van der Waals surface area contributed by atoms with Gasteiger partial charge in [-0.05, 0) is 49.7 Å². The van der Waals surface area contributed by atoms with Gasteiger partial charge in [-0.1, -0.05) is 6.42 Å². The van der Waals surface area contributed by atoms with Gasteiger partial charge in [0.25, 0.3) is 0 Å². The molecule has 142 valence electrons. The molecule has 0 aliphatic heterocycles. The fourth-order valence-electron chi connectivity index (χ4n) is 2.70. The molecule has 0 saturated heterocycles. The van der Waals surface area contributed by atoms with Gasteiger partial charge in [0.1, 0.15) is 5.75 Å². The number of hydrogen-bond acceptors (Lipinski definition) is 7. The summed E-state index contributed by atoms with van der Waals surface area (Å²) in [4.78, 5) is 20.9. The summed E-state index contributed by atoms with van der Waals surface area (Å²) >= 11 is 0. The average Bonchev–Trinajstić information content (AvgIpc) is 3.12. The van der Waals surface area contributed by atoms with Crippen LogP contribution in [0, 0.1) is 0 Å². The van der Waals surface area contributed by atoms with E-state index in [1.54, 1.807) is 36.5 Å². The van der Waals surface area contributed by atoms with Crippen LogP contribution >= 0.6 is 0 Å². The topological polar surface area (TPSA) is 129 Å². The highest BCUT2D eigenvalue weighted by Crippen LogP contribution is 2.31. The monoisotopic (exact) mass is 369 g/mol. The van der Waals surface area contributed by atoms with Crippen LogP contribution in [0.3, 0.4) is 0 Å². The number of benzene rings is 1. The maximum atomic E-state index is 12.4. The number of rotatable bonds is 8. The van der Waals surface area contributed by atoms with Crippen molar-refractivity contribution in [3.05, 3.63) is 36.5 Å². The summed E-state index contributed by atoms with van der Waals surface area (Å²) in [7, 11) is 1.54. The van der Waals surface area contributed by atoms with E-state index in [2.05, 4.69) is 15.3 Å². The van der Waals surface area contributed by atoms with Gasteiger partial charge in [-0.25, -0.2) is 4.98 Å². The second-order valence-electron chi connectivity index (χ2n) is 6.14. The maximum absolute atomic E-state index is 12.4. The zero-order chi connectivity index (χ0) is 19.2. The number of fused-ring (bicyclic) bond motifs is 1. The minimum absolute atomic E-state index is 0.276. The zero-order valence-corrected chi connectivity index (χ0v) is 15.1. The quantitative estimate of drug-likeness (QED) is 0.519.